The van der Waals surface area contributed by atoms with E-state index in [9.17, 15) is 9.59 Å². The highest BCUT2D eigenvalue weighted by molar-refractivity contribution is 5.75. The van der Waals surface area contributed by atoms with Gasteiger partial charge >= 0.3 is 12.0 Å². The van der Waals surface area contributed by atoms with Crippen LogP contribution in [-0.2, 0) is 4.79 Å². The van der Waals surface area contributed by atoms with E-state index in [1.165, 1.54) is 0 Å². The summed E-state index contributed by atoms with van der Waals surface area (Å²) in [6.45, 7) is 6.16. The van der Waals surface area contributed by atoms with Gasteiger partial charge in [-0.15, -0.1) is 0 Å². The second kappa shape index (κ2) is 8.24. The predicted molar refractivity (Wildman–Crippen MR) is 79.9 cm³/mol. The van der Waals surface area contributed by atoms with Crippen molar-refractivity contribution in [3.63, 3.8) is 0 Å². The molecule has 1 unspecified atom stereocenters. The van der Waals surface area contributed by atoms with Crippen LogP contribution in [0.2, 0.25) is 0 Å². The summed E-state index contributed by atoms with van der Waals surface area (Å²) in [7, 11) is 0. The fourth-order valence-corrected chi connectivity index (χ4v) is 2.00. The van der Waals surface area contributed by atoms with Gasteiger partial charge in [0.1, 0.15) is 0 Å². The van der Waals surface area contributed by atoms with E-state index < -0.39 is 5.97 Å². The zero-order valence-electron chi connectivity index (χ0n) is 12.7. The smallest absolute Gasteiger partial charge is 0.318 e. The molecule has 0 aliphatic carbocycles. The summed E-state index contributed by atoms with van der Waals surface area (Å²) in [6, 6.07) is 3.42. The topological polar surface area (TPSA) is 82.5 Å². The van der Waals surface area contributed by atoms with E-state index in [0.29, 0.717) is 13.0 Å². The highest BCUT2D eigenvalue weighted by Gasteiger charge is 2.19. The van der Waals surface area contributed by atoms with Gasteiger partial charge in [-0.05, 0) is 44.9 Å². The summed E-state index contributed by atoms with van der Waals surface area (Å²) < 4.78 is 0. The lowest BCUT2D eigenvalue weighted by Crippen LogP contribution is -2.45. The predicted octanol–water partition coefficient (Wildman–Crippen LogP) is 2.43. The molecule has 1 heterocycles. The summed E-state index contributed by atoms with van der Waals surface area (Å²) in [5, 5.41) is 11.6. The lowest BCUT2D eigenvalue weighted by molar-refractivity contribution is -0.137. The third kappa shape index (κ3) is 5.81. The molecule has 116 valence electrons. The Morgan fingerprint density at radius 2 is 1.90 bits per heavy atom. The van der Waals surface area contributed by atoms with Crippen LogP contribution in [0.1, 0.15) is 45.2 Å². The molecule has 1 atom stereocenters. The molecule has 0 radical (unpaired) electrons. The first kappa shape index (κ1) is 16.9. The van der Waals surface area contributed by atoms with Crippen LogP contribution in [0.25, 0.3) is 0 Å². The van der Waals surface area contributed by atoms with Crippen LogP contribution in [0.5, 0.6) is 0 Å². The van der Waals surface area contributed by atoms with Crippen LogP contribution in [0, 0.1) is 0 Å². The minimum atomic E-state index is -0.843. The van der Waals surface area contributed by atoms with Gasteiger partial charge in [0.15, 0.2) is 0 Å². The average molecular weight is 293 g/mol. The number of carboxylic acid groups (broad SMARTS) is 1. The van der Waals surface area contributed by atoms with Gasteiger partial charge in [-0.1, -0.05) is 0 Å². The van der Waals surface area contributed by atoms with Crippen molar-refractivity contribution in [3.8, 4) is 0 Å². The van der Waals surface area contributed by atoms with E-state index in [-0.39, 0.29) is 24.5 Å². The average Bonchev–Trinajstić information content (AvgIpc) is 2.43. The molecule has 1 aromatic rings. The van der Waals surface area contributed by atoms with Crippen molar-refractivity contribution < 1.29 is 14.7 Å². The van der Waals surface area contributed by atoms with Crippen LogP contribution < -0.4 is 5.32 Å². The SMILES string of the molecule is CC(NC(=O)N(CCCC(=O)O)C(C)C)c1ccncc1. The zero-order valence-corrected chi connectivity index (χ0v) is 12.7. The molecule has 21 heavy (non-hydrogen) atoms. The van der Waals surface area contributed by atoms with Gasteiger partial charge in [-0.3, -0.25) is 9.78 Å². The molecule has 0 saturated carbocycles. The molecule has 0 aliphatic heterocycles. The number of carbonyl (C=O) groups is 2. The normalized spacial score (nSPS) is 12.0. The second-order valence-corrected chi connectivity index (χ2v) is 5.24. The number of hydrogen-bond donors (Lipinski definition) is 2. The van der Waals surface area contributed by atoms with Crippen molar-refractivity contribution >= 4 is 12.0 Å². The molecule has 0 saturated heterocycles. The number of carboxylic acids is 1. The quantitative estimate of drug-likeness (QED) is 0.809. The molecule has 6 heteroatoms. The van der Waals surface area contributed by atoms with Crippen molar-refractivity contribution in [2.75, 3.05) is 6.54 Å². The number of aliphatic carboxylic acids is 1. The van der Waals surface area contributed by atoms with Gasteiger partial charge in [-0.25, -0.2) is 4.79 Å². The standard InChI is InChI=1S/C15H23N3O3/c1-11(2)18(10-4-5-14(19)20)15(21)17-12(3)13-6-8-16-9-7-13/h6-9,11-12H,4-5,10H2,1-3H3,(H,17,21)(H,19,20). The number of amides is 2. The van der Waals surface area contributed by atoms with E-state index in [1.54, 1.807) is 17.3 Å². The Bertz CT molecular complexity index is 462. The minimum absolute atomic E-state index is 0.0171. The summed E-state index contributed by atoms with van der Waals surface area (Å²) >= 11 is 0. The summed E-state index contributed by atoms with van der Waals surface area (Å²) in [5.74, 6) is -0.843. The summed E-state index contributed by atoms with van der Waals surface area (Å²) in [6.07, 6.45) is 3.89. The second-order valence-electron chi connectivity index (χ2n) is 5.24. The zero-order chi connectivity index (χ0) is 15.8. The fraction of sp³-hybridized carbons (Fsp3) is 0.533. The Labute approximate surface area is 125 Å². The van der Waals surface area contributed by atoms with Crippen molar-refractivity contribution in [2.45, 2.75) is 45.7 Å². The minimum Gasteiger partial charge on any atom is -0.481 e. The first-order chi connectivity index (χ1) is 9.91. The number of carbonyl (C=O) groups excluding carboxylic acids is 1. The van der Waals surface area contributed by atoms with Crippen molar-refractivity contribution in [1.29, 1.82) is 0 Å². The molecule has 2 N–H and O–H groups in total. The van der Waals surface area contributed by atoms with Crippen LogP contribution in [0.4, 0.5) is 4.79 Å². The van der Waals surface area contributed by atoms with E-state index in [0.717, 1.165) is 5.56 Å². The summed E-state index contributed by atoms with van der Waals surface area (Å²) in [4.78, 5) is 28.5. The van der Waals surface area contributed by atoms with E-state index >= 15 is 0 Å². The number of pyridine rings is 1. The first-order valence-electron chi connectivity index (χ1n) is 7.10. The number of aromatic nitrogens is 1. The van der Waals surface area contributed by atoms with Gasteiger partial charge in [0.2, 0.25) is 0 Å². The van der Waals surface area contributed by atoms with Gasteiger partial charge in [0.25, 0.3) is 0 Å². The molecule has 6 nitrogen and oxygen atoms in total. The van der Waals surface area contributed by atoms with Gasteiger partial charge in [0.05, 0.1) is 6.04 Å². The maximum absolute atomic E-state index is 12.3. The Morgan fingerprint density at radius 1 is 1.29 bits per heavy atom. The maximum Gasteiger partial charge on any atom is 0.318 e. The summed E-state index contributed by atoms with van der Waals surface area (Å²) in [5.41, 5.74) is 0.979. The first-order valence-corrected chi connectivity index (χ1v) is 7.10. The Morgan fingerprint density at radius 3 is 2.43 bits per heavy atom. The largest absolute Gasteiger partial charge is 0.481 e. The fourth-order valence-electron chi connectivity index (χ4n) is 2.00. The number of rotatable bonds is 7. The lowest BCUT2D eigenvalue weighted by atomic mass is 10.1. The van der Waals surface area contributed by atoms with E-state index in [1.807, 2.05) is 32.9 Å². The number of hydrogen-bond acceptors (Lipinski definition) is 3. The maximum atomic E-state index is 12.3. The van der Waals surface area contributed by atoms with Crippen LogP contribution in [0.15, 0.2) is 24.5 Å². The van der Waals surface area contributed by atoms with Crippen molar-refractivity contribution in [2.24, 2.45) is 0 Å². The Balaban J connectivity index is 2.58. The number of urea groups is 1. The Kier molecular flexibility index (Phi) is 6.65. The highest BCUT2D eigenvalue weighted by atomic mass is 16.4. The highest BCUT2D eigenvalue weighted by Crippen LogP contribution is 2.12. The third-order valence-corrected chi connectivity index (χ3v) is 3.22. The molecular formula is C15H23N3O3. The molecule has 0 aliphatic rings. The number of nitrogens with one attached hydrogen (secondary N) is 1. The molecule has 0 bridgehead atoms. The molecule has 1 aromatic heterocycles. The van der Waals surface area contributed by atoms with Crippen LogP contribution in [-0.4, -0.2) is 39.6 Å². The molecule has 0 fully saturated rings. The van der Waals surface area contributed by atoms with E-state index in [4.69, 9.17) is 5.11 Å². The third-order valence-electron chi connectivity index (χ3n) is 3.22. The molecule has 1 rings (SSSR count). The van der Waals surface area contributed by atoms with Crippen molar-refractivity contribution in [1.82, 2.24) is 15.2 Å². The monoisotopic (exact) mass is 293 g/mol. The van der Waals surface area contributed by atoms with Gasteiger partial charge < -0.3 is 15.3 Å². The van der Waals surface area contributed by atoms with Crippen molar-refractivity contribution in [3.05, 3.63) is 30.1 Å². The number of nitrogens with zero attached hydrogens (tertiary/aromatic N) is 2. The molecule has 0 spiro atoms. The molecule has 2 amide bonds. The molecule has 0 aromatic carbocycles. The van der Waals surface area contributed by atoms with Crippen LogP contribution >= 0.6 is 0 Å². The van der Waals surface area contributed by atoms with Gasteiger partial charge in [0, 0.05) is 31.4 Å². The van der Waals surface area contributed by atoms with E-state index in [2.05, 4.69) is 10.3 Å². The Hall–Kier alpha value is -2.11. The van der Waals surface area contributed by atoms with Crippen LogP contribution in [0.3, 0.4) is 0 Å². The molecular weight excluding hydrogens is 270 g/mol. The van der Waals surface area contributed by atoms with Gasteiger partial charge in [-0.2, -0.15) is 0 Å². The lowest BCUT2D eigenvalue weighted by Gasteiger charge is -2.28.